The number of halogens is 1. The molecule has 8 heteroatoms. The van der Waals surface area contributed by atoms with E-state index in [1.165, 1.54) is 4.57 Å². The van der Waals surface area contributed by atoms with Crippen LogP contribution < -0.4 is 10.6 Å². The maximum atomic E-state index is 15.0. The van der Waals surface area contributed by atoms with Crippen molar-refractivity contribution in [1.82, 2.24) is 19.4 Å². The van der Waals surface area contributed by atoms with Crippen molar-refractivity contribution in [3.63, 3.8) is 0 Å². The number of rotatable bonds is 4. The summed E-state index contributed by atoms with van der Waals surface area (Å²) in [7, 11) is 1.66. The topological polar surface area (TPSA) is 78.0 Å². The van der Waals surface area contributed by atoms with Gasteiger partial charge in [0.25, 0.3) is 0 Å². The second-order valence-corrected chi connectivity index (χ2v) is 9.73. The highest BCUT2D eigenvalue weighted by atomic mass is 19.1. The van der Waals surface area contributed by atoms with E-state index in [-0.39, 0.29) is 35.3 Å². The number of aryl methyl sites for hydroxylation is 1. The first-order valence-corrected chi connectivity index (χ1v) is 11.9. The predicted octanol–water partition coefficient (Wildman–Crippen LogP) is 3.88. The summed E-state index contributed by atoms with van der Waals surface area (Å²) < 4.78 is 16.5. The first-order valence-electron chi connectivity index (χ1n) is 11.9. The van der Waals surface area contributed by atoms with Gasteiger partial charge in [0.1, 0.15) is 23.1 Å². The number of fused-ring (bicyclic) bond motifs is 1. The molecular weight excluding hydrogens is 431 g/mol. The van der Waals surface area contributed by atoms with Gasteiger partial charge in [-0.15, -0.1) is 0 Å². The third-order valence-corrected chi connectivity index (χ3v) is 7.38. The van der Waals surface area contributed by atoms with Crippen LogP contribution in [0.2, 0.25) is 0 Å². The molecule has 1 unspecified atom stereocenters. The monoisotopic (exact) mass is 460 g/mol. The zero-order chi connectivity index (χ0) is 24.1. The summed E-state index contributed by atoms with van der Waals surface area (Å²) in [6, 6.07) is 11.2. The van der Waals surface area contributed by atoms with Crippen LogP contribution >= 0.6 is 0 Å². The molecule has 7 nitrogen and oxygen atoms in total. The van der Waals surface area contributed by atoms with Gasteiger partial charge in [-0.05, 0) is 63.3 Å². The average Bonchev–Trinajstić information content (AvgIpc) is 3.67. The van der Waals surface area contributed by atoms with Gasteiger partial charge in [-0.25, -0.2) is 14.2 Å². The number of pyridine rings is 1. The van der Waals surface area contributed by atoms with Crippen molar-refractivity contribution in [3.8, 4) is 6.07 Å². The van der Waals surface area contributed by atoms with Gasteiger partial charge in [0, 0.05) is 43.8 Å². The van der Waals surface area contributed by atoms with E-state index in [1.54, 1.807) is 25.2 Å². The normalized spacial score (nSPS) is 22.1. The number of nitrogens with zero attached hydrogens (tertiary/aromatic N) is 6. The van der Waals surface area contributed by atoms with E-state index in [9.17, 15) is 10.1 Å². The van der Waals surface area contributed by atoms with Crippen LogP contribution in [0.25, 0.3) is 11.0 Å². The number of hydrogen-bond acceptors (Lipinski definition) is 6. The van der Waals surface area contributed by atoms with Gasteiger partial charge in [0.2, 0.25) is 0 Å². The predicted molar refractivity (Wildman–Crippen MR) is 129 cm³/mol. The van der Waals surface area contributed by atoms with Crippen LogP contribution in [0.3, 0.4) is 0 Å². The van der Waals surface area contributed by atoms with Crippen molar-refractivity contribution in [2.75, 3.05) is 18.0 Å². The van der Waals surface area contributed by atoms with Gasteiger partial charge in [-0.2, -0.15) is 10.2 Å². The van der Waals surface area contributed by atoms with E-state index < -0.39 is 0 Å². The minimum atomic E-state index is -0.359. The molecule has 2 fully saturated rings. The van der Waals surface area contributed by atoms with Crippen LogP contribution in [0.4, 0.5) is 10.2 Å². The minimum Gasteiger partial charge on any atom is -0.349 e. The zero-order valence-electron chi connectivity index (χ0n) is 20.0. The van der Waals surface area contributed by atoms with Crippen LogP contribution in [-0.2, 0) is 7.05 Å². The number of nitriles is 1. The number of hydrogen-bond donors (Lipinski definition) is 0. The molecule has 0 amide bonds. The molecule has 0 radical (unpaired) electrons. The van der Waals surface area contributed by atoms with Gasteiger partial charge in [-0.1, -0.05) is 12.1 Å². The Balaban J connectivity index is 1.45. The number of anilines is 1. The highest BCUT2D eigenvalue weighted by Gasteiger charge is 2.35. The third kappa shape index (κ3) is 3.84. The Kier molecular flexibility index (Phi) is 5.61. The molecule has 5 rings (SSSR count). The lowest BCUT2D eigenvalue weighted by molar-refractivity contribution is 0.117. The summed E-state index contributed by atoms with van der Waals surface area (Å²) in [6.07, 6.45) is 2.31. The van der Waals surface area contributed by atoms with Crippen LogP contribution in [0.1, 0.15) is 62.4 Å². The standard InChI is InChI=1S/C26H29FN6O/c1-15-14-33(25-24-23(31(4)26(34)30-25)10-8-20(12-28)29-24)16(2)13-32(15)17(3)21-9-7-19(11-22(21)27)18-5-6-18/h7-11,15-18H,5-6,13-14H2,1-4H3/t15-,16+,17?/m1/s1. The first-order chi connectivity index (χ1) is 16.3. The lowest BCUT2D eigenvalue weighted by Crippen LogP contribution is -2.57. The Labute approximate surface area is 198 Å². The molecular formula is C26H29FN6O. The number of aromatic nitrogens is 3. The molecule has 0 N–H and O–H groups in total. The number of piperazine rings is 1. The van der Waals surface area contributed by atoms with Crippen molar-refractivity contribution in [1.29, 1.82) is 5.26 Å². The highest BCUT2D eigenvalue weighted by molar-refractivity contribution is 5.86. The van der Waals surface area contributed by atoms with E-state index in [0.29, 0.717) is 35.9 Å². The summed E-state index contributed by atoms with van der Waals surface area (Å²) in [5.41, 5.74) is 2.93. The minimum absolute atomic E-state index is 0.0165. The molecule has 0 spiro atoms. The molecule has 3 aromatic rings. The fraction of sp³-hybridized carbons (Fsp3) is 0.462. The molecule has 176 valence electrons. The smallest absolute Gasteiger partial charge is 0.349 e. The van der Waals surface area contributed by atoms with E-state index >= 15 is 4.39 Å². The van der Waals surface area contributed by atoms with Gasteiger partial charge in [0.15, 0.2) is 5.82 Å². The second-order valence-electron chi connectivity index (χ2n) is 9.73. The molecule has 1 aliphatic carbocycles. The molecule has 1 saturated heterocycles. The molecule has 2 aromatic heterocycles. The molecule has 3 atom stereocenters. The van der Waals surface area contributed by atoms with Crippen LogP contribution in [0.15, 0.2) is 35.1 Å². The van der Waals surface area contributed by atoms with E-state index in [0.717, 1.165) is 24.0 Å². The Morgan fingerprint density at radius 2 is 1.88 bits per heavy atom. The third-order valence-electron chi connectivity index (χ3n) is 7.38. The summed E-state index contributed by atoms with van der Waals surface area (Å²) in [4.78, 5) is 25.8. The van der Waals surface area contributed by atoms with Gasteiger partial charge in [-0.3, -0.25) is 9.47 Å². The fourth-order valence-corrected chi connectivity index (χ4v) is 5.19. The Morgan fingerprint density at radius 1 is 1.12 bits per heavy atom. The summed E-state index contributed by atoms with van der Waals surface area (Å²) >= 11 is 0. The van der Waals surface area contributed by atoms with Crippen LogP contribution in [0.5, 0.6) is 0 Å². The van der Waals surface area contributed by atoms with Crippen molar-refractivity contribution in [3.05, 3.63) is 63.5 Å². The highest BCUT2D eigenvalue weighted by Crippen LogP contribution is 2.41. The molecule has 2 aliphatic rings. The average molecular weight is 461 g/mol. The van der Waals surface area contributed by atoms with Crippen LogP contribution in [0, 0.1) is 17.1 Å². The molecule has 3 heterocycles. The van der Waals surface area contributed by atoms with Gasteiger partial charge >= 0.3 is 5.69 Å². The van der Waals surface area contributed by atoms with E-state index in [1.807, 2.05) is 6.07 Å². The molecule has 1 aliphatic heterocycles. The van der Waals surface area contributed by atoms with Crippen molar-refractivity contribution in [2.45, 2.75) is 57.7 Å². The van der Waals surface area contributed by atoms with Crippen molar-refractivity contribution in [2.24, 2.45) is 7.05 Å². The first kappa shape index (κ1) is 22.5. The molecule has 1 saturated carbocycles. The van der Waals surface area contributed by atoms with Gasteiger partial charge in [0.05, 0.1) is 5.52 Å². The summed E-state index contributed by atoms with van der Waals surface area (Å²) in [5, 5.41) is 9.34. The van der Waals surface area contributed by atoms with E-state index in [4.69, 9.17) is 0 Å². The SMILES string of the molecule is CC(c1ccc(C2CC2)cc1F)N1C[C@H](C)N(c2nc(=O)n(C)c3ccc(C#N)nc23)C[C@H]1C. The Hall–Kier alpha value is -3.31. The lowest BCUT2D eigenvalue weighted by atomic mass is 9.98. The number of benzene rings is 1. The molecule has 34 heavy (non-hydrogen) atoms. The maximum Gasteiger partial charge on any atom is 0.349 e. The fourth-order valence-electron chi connectivity index (χ4n) is 5.19. The van der Waals surface area contributed by atoms with Crippen molar-refractivity contribution < 1.29 is 4.39 Å². The molecule has 1 aromatic carbocycles. The Bertz CT molecular complexity index is 1360. The second kappa shape index (κ2) is 8.48. The summed E-state index contributed by atoms with van der Waals surface area (Å²) in [6.45, 7) is 7.55. The lowest BCUT2D eigenvalue weighted by Gasteiger charge is -2.47. The van der Waals surface area contributed by atoms with Gasteiger partial charge < -0.3 is 4.90 Å². The quantitative estimate of drug-likeness (QED) is 0.588. The zero-order valence-corrected chi connectivity index (χ0v) is 20.0. The largest absolute Gasteiger partial charge is 0.349 e. The molecule has 0 bridgehead atoms. The van der Waals surface area contributed by atoms with Crippen molar-refractivity contribution >= 4 is 16.9 Å². The van der Waals surface area contributed by atoms with Crippen LogP contribution in [-0.4, -0.2) is 44.6 Å². The van der Waals surface area contributed by atoms with E-state index in [2.05, 4.69) is 52.7 Å². The Morgan fingerprint density at radius 3 is 2.56 bits per heavy atom. The summed E-state index contributed by atoms with van der Waals surface area (Å²) in [5.74, 6) is 0.894. The maximum absolute atomic E-state index is 15.0.